The first-order valence-corrected chi connectivity index (χ1v) is 13.8. The molecular weight excluding hydrogens is 506 g/mol. The Kier molecular flexibility index (Phi) is 8.11. The maximum atomic E-state index is 13.0. The van der Waals surface area contributed by atoms with Crippen LogP contribution >= 0.6 is 0 Å². The molecule has 1 saturated heterocycles. The Labute approximate surface area is 221 Å². The number of nitrogen functional groups attached to an aromatic ring is 1. The molecule has 0 spiro atoms. The van der Waals surface area contributed by atoms with Crippen LogP contribution in [0.15, 0.2) is 83.8 Å². The number of nitrogens with one attached hydrogen (secondary N) is 1. The first-order valence-electron chi connectivity index (χ1n) is 12.1. The Morgan fingerprint density at radius 2 is 1.61 bits per heavy atom. The third kappa shape index (κ3) is 6.38. The molecule has 0 unspecified atom stereocenters. The van der Waals surface area contributed by atoms with Gasteiger partial charge in [0.2, 0.25) is 5.91 Å². The molecule has 0 aromatic heterocycles. The smallest absolute Gasteiger partial charge is 0.304 e. The van der Waals surface area contributed by atoms with Crippen LogP contribution in [0.3, 0.4) is 0 Å². The lowest BCUT2D eigenvalue weighted by molar-refractivity contribution is -0.142. The van der Waals surface area contributed by atoms with E-state index in [4.69, 9.17) is 15.9 Å². The molecule has 0 bridgehead atoms. The fraction of sp³-hybridized carbons (Fsp3) is 0.250. The number of ether oxygens (including phenoxy) is 1. The molecule has 3 aromatic carbocycles. The highest BCUT2D eigenvalue weighted by atomic mass is 32.2. The van der Waals surface area contributed by atoms with Crippen LogP contribution in [-0.4, -0.2) is 61.1 Å². The van der Waals surface area contributed by atoms with E-state index in [0.29, 0.717) is 11.3 Å². The second-order valence-corrected chi connectivity index (χ2v) is 11.3. The number of benzene rings is 3. The zero-order chi connectivity index (χ0) is 27.3. The van der Waals surface area contributed by atoms with Crippen LogP contribution in [0, 0.1) is 11.3 Å². The number of amidine groups is 1. The number of likely N-dealkylation sites (tertiary alicyclic amines) is 1. The summed E-state index contributed by atoms with van der Waals surface area (Å²) in [6.07, 6.45) is -0.0362. The van der Waals surface area contributed by atoms with Crippen molar-refractivity contribution < 1.29 is 27.9 Å². The largest absolute Gasteiger partial charge is 0.491 e. The number of carboxylic acid groups (broad SMARTS) is 1. The highest BCUT2D eigenvalue weighted by molar-refractivity contribution is 7.91. The SMILES string of the molecule is N=C(N)c1ccc(-c2ccc(OC[C@@H]3C[C@@H](CC(=O)O)C(=O)N3CCS(=O)(=O)c3ccccc3)cc2)cc1. The summed E-state index contributed by atoms with van der Waals surface area (Å²) in [4.78, 5) is 25.9. The van der Waals surface area contributed by atoms with Gasteiger partial charge < -0.3 is 20.5 Å². The van der Waals surface area contributed by atoms with Gasteiger partial charge in [0.05, 0.1) is 29.0 Å². The predicted molar refractivity (Wildman–Crippen MR) is 143 cm³/mol. The first-order chi connectivity index (χ1) is 18.1. The first kappa shape index (κ1) is 26.9. The molecule has 10 heteroatoms. The van der Waals surface area contributed by atoms with E-state index in [2.05, 4.69) is 0 Å². The van der Waals surface area contributed by atoms with Gasteiger partial charge in [-0.1, -0.05) is 54.6 Å². The van der Waals surface area contributed by atoms with E-state index in [0.717, 1.165) is 11.1 Å². The van der Waals surface area contributed by atoms with E-state index in [1.807, 2.05) is 24.3 Å². The van der Waals surface area contributed by atoms with Gasteiger partial charge >= 0.3 is 5.97 Å². The van der Waals surface area contributed by atoms with Gasteiger partial charge in [0.25, 0.3) is 0 Å². The molecule has 2 atom stereocenters. The summed E-state index contributed by atoms with van der Waals surface area (Å²) in [5, 5.41) is 16.7. The summed E-state index contributed by atoms with van der Waals surface area (Å²) >= 11 is 0. The zero-order valence-corrected chi connectivity index (χ0v) is 21.4. The summed E-state index contributed by atoms with van der Waals surface area (Å²) in [6.45, 7) is 0.0648. The van der Waals surface area contributed by atoms with Crippen molar-refractivity contribution in [1.82, 2.24) is 4.90 Å². The number of nitrogens with two attached hydrogens (primary N) is 1. The van der Waals surface area contributed by atoms with Crippen LogP contribution in [0.2, 0.25) is 0 Å². The average Bonchev–Trinajstić information content (AvgIpc) is 3.20. The second-order valence-electron chi connectivity index (χ2n) is 9.17. The molecule has 1 aliphatic rings. The highest BCUT2D eigenvalue weighted by Crippen LogP contribution is 2.29. The Balaban J connectivity index is 1.43. The summed E-state index contributed by atoms with van der Waals surface area (Å²) < 4.78 is 31.5. The number of hydrogen-bond donors (Lipinski definition) is 3. The van der Waals surface area contributed by atoms with Gasteiger partial charge in [0.1, 0.15) is 18.2 Å². The number of hydrogen-bond acceptors (Lipinski definition) is 6. The molecule has 4 rings (SSSR count). The Morgan fingerprint density at radius 1 is 1.00 bits per heavy atom. The fourth-order valence-electron chi connectivity index (χ4n) is 4.55. The van der Waals surface area contributed by atoms with E-state index in [-0.39, 0.29) is 48.4 Å². The minimum atomic E-state index is -3.61. The number of carbonyl (C=O) groups is 2. The van der Waals surface area contributed by atoms with Crippen molar-refractivity contribution in [3.63, 3.8) is 0 Å². The quantitative estimate of drug-likeness (QED) is 0.252. The number of sulfone groups is 1. The van der Waals surface area contributed by atoms with E-state index in [9.17, 15) is 23.1 Å². The van der Waals surface area contributed by atoms with Crippen molar-refractivity contribution in [2.24, 2.45) is 11.7 Å². The molecule has 198 valence electrons. The molecule has 38 heavy (non-hydrogen) atoms. The van der Waals surface area contributed by atoms with Gasteiger partial charge in [0, 0.05) is 12.1 Å². The summed E-state index contributed by atoms with van der Waals surface area (Å²) in [5.74, 6) is -1.86. The van der Waals surface area contributed by atoms with Gasteiger partial charge in [-0.2, -0.15) is 0 Å². The van der Waals surface area contributed by atoms with Crippen LogP contribution in [-0.2, 0) is 19.4 Å². The molecular formula is C28H29N3O6S. The van der Waals surface area contributed by atoms with Gasteiger partial charge in [-0.3, -0.25) is 15.0 Å². The predicted octanol–water partition coefficient (Wildman–Crippen LogP) is 3.18. The van der Waals surface area contributed by atoms with Gasteiger partial charge in [-0.05, 0) is 41.8 Å². The van der Waals surface area contributed by atoms with Crippen LogP contribution in [0.4, 0.5) is 0 Å². The van der Waals surface area contributed by atoms with Crippen molar-refractivity contribution >= 4 is 27.5 Å². The highest BCUT2D eigenvalue weighted by Gasteiger charge is 2.41. The molecule has 1 aliphatic heterocycles. The lowest BCUT2D eigenvalue weighted by Gasteiger charge is -2.25. The van der Waals surface area contributed by atoms with Gasteiger partial charge in [-0.15, -0.1) is 0 Å². The topological polar surface area (TPSA) is 151 Å². The molecule has 9 nitrogen and oxygen atoms in total. The van der Waals surface area contributed by atoms with Gasteiger partial charge in [-0.25, -0.2) is 8.42 Å². The molecule has 1 fully saturated rings. The minimum absolute atomic E-state index is 0.00277. The number of rotatable bonds is 11. The van der Waals surface area contributed by atoms with Crippen LogP contribution in [0.5, 0.6) is 5.75 Å². The Bertz CT molecular complexity index is 1410. The van der Waals surface area contributed by atoms with Crippen molar-refractivity contribution in [3.05, 3.63) is 84.4 Å². The van der Waals surface area contributed by atoms with Crippen LogP contribution in [0.1, 0.15) is 18.4 Å². The average molecular weight is 536 g/mol. The molecule has 0 radical (unpaired) electrons. The standard InChI is InChI=1S/C28H29N3O6S/c29-27(30)21-8-6-19(7-9-21)20-10-12-24(13-11-20)37-18-23-16-22(17-26(32)33)28(34)31(23)14-15-38(35,36)25-4-2-1-3-5-25/h1-13,22-23H,14-18H2,(H3,29,30)(H,32,33)/t22-,23-/m0/s1. The molecule has 1 heterocycles. The Morgan fingerprint density at radius 3 is 2.18 bits per heavy atom. The molecule has 3 aromatic rings. The molecule has 4 N–H and O–H groups in total. The molecule has 1 amide bonds. The number of carboxylic acids is 1. The monoisotopic (exact) mass is 535 g/mol. The number of aliphatic carboxylic acids is 1. The molecule has 0 saturated carbocycles. The number of carbonyl (C=O) groups excluding carboxylic acids is 1. The maximum Gasteiger partial charge on any atom is 0.304 e. The third-order valence-electron chi connectivity index (χ3n) is 6.58. The second kappa shape index (κ2) is 11.5. The van der Waals surface area contributed by atoms with Gasteiger partial charge in [0.15, 0.2) is 9.84 Å². The summed E-state index contributed by atoms with van der Waals surface area (Å²) in [6, 6.07) is 22.2. The number of nitrogens with zero attached hydrogens (tertiary/aromatic N) is 1. The van der Waals surface area contributed by atoms with E-state index in [1.165, 1.54) is 17.0 Å². The summed E-state index contributed by atoms with van der Waals surface area (Å²) in [7, 11) is -3.61. The summed E-state index contributed by atoms with van der Waals surface area (Å²) in [5.41, 5.74) is 8.04. The van der Waals surface area contributed by atoms with Crippen molar-refractivity contribution in [1.29, 1.82) is 5.41 Å². The van der Waals surface area contributed by atoms with Crippen LogP contribution < -0.4 is 10.5 Å². The lowest BCUT2D eigenvalue weighted by atomic mass is 10.0. The van der Waals surface area contributed by atoms with Crippen molar-refractivity contribution in [3.8, 4) is 16.9 Å². The molecule has 0 aliphatic carbocycles. The van der Waals surface area contributed by atoms with E-state index < -0.39 is 27.8 Å². The number of amides is 1. The Hall–Kier alpha value is -4.18. The maximum absolute atomic E-state index is 13.0. The zero-order valence-electron chi connectivity index (χ0n) is 20.6. The van der Waals surface area contributed by atoms with Crippen molar-refractivity contribution in [2.75, 3.05) is 18.9 Å². The lowest BCUT2D eigenvalue weighted by Crippen LogP contribution is -2.40. The third-order valence-corrected chi connectivity index (χ3v) is 8.29. The fourth-order valence-corrected chi connectivity index (χ4v) is 5.79. The minimum Gasteiger partial charge on any atom is -0.491 e. The van der Waals surface area contributed by atoms with Crippen molar-refractivity contribution in [2.45, 2.75) is 23.8 Å². The normalized spacial score (nSPS) is 17.4. The van der Waals surface area contributed by atoms with E-state index in [1.54, 1.807) is 42.5 Å². The van der Waals surface area contributed by atoms with Crippen LogP contribution in [0.25, 0.3) is 11.1 Å². The van der Waals surface area contributed by atoms with E-state index >= 15 is 0 Å².